The molecule has 5 nitrogen and oxygen atoms in total. The van der Waals surface area contributed by atoms with Crippen LogP contribution in [-0.2, 0) is 16.0 Å². The van der Waals surface area contributed by atoms with Crippen LogP contribution in [0.1, 0.15) is 22.3 Å². The smallest absolute Gasteiger partial charge is 0.253 e. The quantitative estimate of drug-likeness (QED) is 0.730. The molecular formula is C17H20N2O3S. The van der Waals surface area contributed by atoms with E-state index in [4.69, 9.17) is 4.74 Å². The van der Waals surface area contributed by atoms with Crippen molar-refractivity contribution in [3.63, 3.8) is 0 Å². The first-order valence-electron chi connectivity index (χ1n) is 7.38. The number of rotatable bonds is 8. The monoisotopic (exact) mass is 332 g/mol. The molecule has 0 atom stereocenters. The Morgan fingerprint density at radius 2 is 2.04 bits per heavy atom. The van der Waals surface area contributed by atoms with Gasteiger partial charge in [-0.1, -0.05) is 12.1 Å². The highest BCUT2D eigenvalue weighted by Gasteiger charge is 2.12. The highest BCUT2D eigenvalue weighted by molar-refractivity contribution is 7.07. The molecule has 2 N–H and O–H groups in total. The molecule has 0 spiro atoms. The van der Waals surface area contributed by atoms with Gasteiger partial charge in [-0.25, -0.2) is 0 Å². The lowest BCUT2D eigenvalue weighted by molar-refractivity contribution is -0.116. The molecule has 122 valence electrons. The molecule has 0 aliphatic heterocycles. The van der Waals surface area contributed by atoms with E-state index in [0.29, 0.717) is 37.2 Å². The molecule has 0 bridgehead atoms. The second kappa shape index (κ2) is 9.07. The topological polar surface area (TPSA) is 67.4 Å². The van der Waals surface area contributed by atoms with Crippen molar-refractivity contribution < 1.29 is 14.3 Å². The molecule has 0 unspecified atom stereocenters. The number of carbonyl (C=O) groups excluding carboxylic acids is 2. The van der Waals surface area contributed by atoms with Crippen LogP contribution in [0.3, 0.4) is 0 Å². The molecule has 0 saturated carbocycles. The van der Waals surface area contributed by atoms with Crippen LogP contribution in [0, 0.1) is 0 Å². The van der Waals surface area contributed by atoms with Crippen LogP contribution in [0.25, 0.3) is 0 Å². The van der Waals surface area contributed by atoms with E-state index >= 15 is 0 Å². The summed E-state index contributed by atoms with van der Waals surface area (Å²) < 4.78 is 4.91. The predicted octanol–water partition coefficient (Wildman–Crippen LogP) is 2.70. The number of methoxy groups -OCH3 is 1. The maximum Gasteiger partial charge on any atom is 0.253 e. The number of anilines is 1. The molecular weight excluding hydrogens is 312 g/mol. The molecule has 1 aromatic carbocycles. The van der Waals surface area contributed by atoms with Crippen molar-refractivity contribution in [1.82, 2.24) is 5.32 Å². The summed E-state index contributed by atoms with van der Waals surface area (Å²) in [6, 6.07) is 8.99. The number of nitrogens with one attached hydrogen (secondary N) is 2. The normalized spacial score (nSPS) is 10.3. The molecule has 0 saturated heterocycles. The van der Waals surface area contributed by atoms with E-state index in [1.165, 1.54) is 0 Å². The van der Waals surface area contributed by atoms with Crippen LogP contribution in [0.2, 0.25) is 0 Å². The van der Waals surface area contributed by atoms with Crippen LogP contribution >= 0.6 is 11.3 Å². The van der Waals surface area contributed by atoms with E-state index in [0.717, 1.165) is 5.56 Å². The number of hydrogen-bond acceptors (Lipinski definition) is 4. The Kier molecular flexibility index (Phi) is 6.77. The van der Waals surface area contributed by atoms with E-state index < -0.39 is 0 Å². The second-order valence-electron chi connectivity index (χ2n) is 4.97. The van der Waals surface area contributed by atoms with Gasteiger partial charge in [-0.15, -0.1) is 0 Å². The van der Waals surface area contributed by atoms with Crippen molar-refractivity contribution in [2.24, 2.45) is 0 Å². The first kappa shape index (κ1) is 17.2. The summed E-state index contributed by atoms with van der Waals surface area (Å²) in [5.74, 6) is -0.330. The summed E-state index contributed by atoms with van der Waals surface area (Å²) in [6.07, 6.45) is 1.08. The van der Waals surface area contributed by atoms with Crippen LogP contribution < -0.4 is 10.6 Å². The summed E-state index contributed by atoms with van der Waals surface area (Å²) in [5.41, 5.74) is 2.13. The van der Waals surface area contributed by atoms with Gasteiger partial charge in [0.2, 0.25) is 5.91 Å². The largest absolute Gasteiger partial charge is 0.383 e. The summed E-state index contributed by atoms with van der Waals surface area (Å²) >= 11 is 1.62. The van der Waals surface area contributed by atoms with Gasteiger partial charge in [0.1, 0.15) is 0 Å². The van der Waals surface area contributed by atoms with Gasteiger partial charge >= 0.3 is 0 Å². The summed E-state index contributed by atoms with van der Waals surface area (Å²) in [5, 5.41) is 9.60. The minimum absolute atomic E-state index is 0.103. The van der Waals surface area contributed by atoms with E-state index in [1.807, 2.05) is 16.8 Å². The first-order valence-corrected chi connectivity index (χ1v) is 8.32. The molecule has 2 aromatic rings. The summed E-state index contributed by atoms with van der Waals surface area (Å²) in [4.78, 5) is 24.2. The molecule has 2 rings (SSSR count). The Morgan fingerprint density at radius 1 is 1.22 bits per heavy atom. The number of amides is 2. The Bertz CT molecular complexity index is 641. The number of ether oxygens (including phenoxy) is 1. The minimum Gasteiger partial charge on any atom is -0.383 e. The average molecular weight is 332 g/mol. The lowest BCUT2D eigenvalue weighted by Crippen LogP contribution is -2.28. The van der Waals surface area contributed by atoms with Crippen LogP contribution in [-0.4, -0.2) is 32.1 Å². The Morgan fingerprint density at radius 3 is 2.78 bits per heavy atom. The minimum atomic E-state index is -0.226. The molecule has 0 aliphatic carbocycles. The van der Waals surface area contributed by atoms with E-state index in [9.17, 15) is 9.59 Å². The lowest BCUT2D eigenvalue weighted by atomic mass is 10.1. The number of carbonyl (C=O) groups is 2. The van der Waals surface area contributed by atoms with Gasteiger partial charge in [-0.2, -0.15) is 11.3 Å². The van der Waals surface area contributed by atoms with Crippen molar-refractivity contribution in [1.29, 1.82) is 0 Å². The third-order valence-corrected chi connectivity index (χ3v) is 3.99. The number of para-hydroxylation sites is 1. The third kappa shape index (κ3) is 5.50. The van der Waals surface area contributed by atoms with Gasteiger partial charge in [0, 0.05) is 20.1 Å². The maximum absolute atomic E-state index is 12.1. The Labute approximate surface area is 139 Å². The molecule has 6 heteroatoms. The highest BCUT2D eigenvalue weighted by Crippen LogP contribution is 2.16. The summed E-state index contributed by atoms with van der Waals surface area (Å²) in [6.45, 7) is 0.872. The standard InChI is InChI=1S/C17H20N2O3S/c1-22-10-9-18-17(21)14-4-2-3-5-15(14)19-16(20)7-6-13-8-11-23-12-13/h2-5,8,11-12H,6-7,9-10H2,1H3,(H,18,21)(H,19,20). The zero-order chi connectivity index (χ0) is 16.5. The number of aryl methyl sites for hydroxylation is 1. The van der Waals surface area contributed by atoms with Crippen LogP contribution in [0.5, 0.6) is 0 Å². The molecule has 1 aromatic heterocycles. The van der Waals surface area contributed by atoms with Crippen molar-refractivity contribution in [3.8, 4) is 0 Å². The third-order valence-electron chi connectivity index (χ3n) is 3.26. The van der Waals surface area contributed by atoms with Gasteiger partial charge in [-0.05, 0) is 40.9 Å². The zero-order valence-electron chi connectivity index (χ0n) is 13.0. The molecule has 0 aliphatic rings. The fourth-order valence-electron chi connectivity index (χ4n) is 2.06. The Hall–Kier alpha value is -2.18. The van der Waals surface area contributed by atoms with Crippen LogP contribution in [0.4, 0.5) is 5.69 Å². The van der Waals surface area contributed by atoms with E-state index in [-0.39, 0.29) is 11.8 Å². The lowest BCUT2D eigenvalue weighted by Gasteiger charge is -2.11. The number of thiophene rings is 1. The fourth-order valence-corrected chi connectivity index (χ4v) is 2.76. The number of benzene rings is 1. The molecule has 0 fully saturated rings. The SMILES string of the molecule is COCCNC(=O)c1ccccc1NC(=O)CCc1ccsc1. The van der Waals surface area contributed by atoms with Crippen molar-refractivity contribution >= 4 is 28.8 Å². The average Bonchev–Trinajstić information content (AvgIpc) is 3.07. The Balaban J connectivity index is 1.93. The first-order chi connectivity index (χ1) is 11.2. The van der Waals surface area contributed by atoms with Crippen molar-refractivity contribution in [2.75, 3.05) is 25.6 Å². The molecule has 23 heavy (non-hydrogen) atoms. The van der Waals surface area contributed by atoms with Crippen molar-refractivity contribution in [3.05, 3.63) is 52.2 Å². The van der Waals surface area contributed by atoms with Crippen molar-refractivity contribution in [2.45, 2.75) is 12.8 Å². The molecule has 0 radical (unpaired) electrons. The summed E-state index contributed by atoms with van der Waals surface area (Å²) in [7, 11) is 1.58. The predicted molar refractivity (Wildman–Crippen MR) is 91.9 cm³/mol. The number of hydrogen-bond donors (Lipinski definition) is 2. The second-order valence-corrected chi connectivity index (χ2v) is 5.75. The molecule has 2 amide bonds. The fraction of sp³-hybridized carbons (Fsp3) is 0.294. The van der Waals surface area contributed by atoms with E-state index in [2.05, 4.69) is 10.6 Å². The van der Waals surface area contributed by atoms with Gasteiger partial charge in [0.25, 0.3) is 5.91 Å². The maximum atomic E-state index is 12.1. The zero-order valence-corrected chi connectivity index (χ0v) is 13.8. The van der Waals surface area contributed by atoms with E-state index in [1.54, 1.807) is 42.7 Å². The van der Waals surface area contributed by atoms with Gasteiger partial charge < -0.3 is 15.4 Å². The van der Waals surface area contributed by atoms with Gasteiger partial charge in [0.15, 0.2) is 0 Å². The van der Waals surface area contributed by atoms with Gasteiger partial charge in [0.05, 0.1) is 17.9 Å². The molecule has 1 heterocycles. The van der Waals surface area contributed by atoms with Gasteiger partial charge in [-0.3, -0.25) is 9.59 Å². The van der Waals surface area contributed by atoms with Crippen LogP contribution in [0.15, 0.2) is 41.1 Å². The highest BCUT2D eigenvalue weighted by atomic mass is 32.1.